The van der Waals surface area contributed by atoms with E-state index in [-0.39, 0.29) is 24.3 Å². The van der Waals surface area contributed by atoms with E-state index < -0.39 is 5.97 Å². The van der Waals surface area contributed by atoms with E-state index >= 15 is 0 Å². The molecule has 0 saturated heterocycles. The fraction of sp³-hybridized carbons (Fsp3) is 0.107. The summed E-state index contributed by atoms with van der Waals surface area (Å²) in [4.78, 5) is 43.4. The van der Waals surface area contributed by atoms with Crippen molar-refractivity contribution < 1.29 is 19.7 Å². The number of fused-ring (bicyclic) bond motifs is 1. The fourth-order valence-corrected chi connectivity index (χ4v) is 4.26. The van der Waals surface area contributed by atoms with Crippen LogP contribution >= 0.6 is 0 Å². The molecule has 0 saturated carbocycles. The van der Waals surface area contributed by atoms with Crippen molar-refractivity contribution in [2.24, 2.45) is 0 Å². The van der Waals surface area contributed by atoms with Crippen molar-refractivity contribution in [3.05, 3.63) is 117 Å². The molecule has 5 aromatic rings. The Morgan fingerprint density at radius 1 is 0.919 bits per heavy atom. The number of aromatic nitrogens is 3. The lowest BCUT2D eigenvalue weighted by atomic mass is 10.0. The Hall–Kier alpha value is -4.73. The Kier molecular flexibility index (Phi) is 6.55. The quantitative estimate of drug-likeness (QED) is 0.197. The molecule has 9 nitrogen and oxygen atoms in total. The lowest BCUT2D eigenvalue weighted by Crippen LogP contribution is -2.19. The number of esters is 1. The van der Waals surface area contributed by atoms with Gasteiger partial charge in [0.05, 0.1) is 28.9 Å². The maximum atomic E-state index is 13.7. The van der Waals surface area contributed by atoms with E-state index in [1.807, 2.05) is 30.3 Å². The lowest BCUT2D eigenvalue weighted by Gasteiger charge is -2.11. The van der Waals surface area contributed by atoms with Gasteiger partial charge in [0, 0.05) is 11.6 Å². The van der Waals surface area contributed by atoms with Gasteiger partial charge in [0.2, 0.25) is 0 Å². The summed E-state index contributed by atoms with van der Waals surface area (Å²) < 4.78 is 7.81. The molecule has 2 heterocycles. The largest absolute Gasteiger partial charge is 0.462 e. The maximum absolute atomic E-state index is 13.7. The zero-order valence-corrected chi connectivity index (χ0v) is 19.9. The molecule has 0 atom stereocenters. The molecular formula is C28H23N3O6. The van der Waals surface area contributed by atoms with Gasteiger partial charge in [-0.2, -0.15) is 0 Å². The Balaban J connectivity index is 1.74. The molecule has 0 aliphatic rings. The van der Waals surface area contributed by atoms with Crippen LogP contribution in [0, 0.1) is 0 Å². The zero-order valence-electron chi connectivity index (χ0n) is 19.9. The SMILES string of the molecule is CCOC(=O)c1ccc(-n2c(=O)cc(-c3ccccc3)c3c(=O)n(-c4ccc(COO)cc4)[nH]c32)cc1. The van der Waals surface area contributed by atoms with Gasteiger partial charge < -0.3 is 4.74 Å². The molecule has 0 bridgehead atoms. The van der Waals surface area contributed by atoms with Gasteiger partial charge in [0.15, 0.2) is 0 Å². The van der Waals surface area contributed by atoms with Crippen molar-refractivity contribution in [2.45, 2.75) is 13.5 Å². The minimum absolute atomic E-state index is 0.0152. The summed E-state index contributed by atoms with van der Waals surface area (Å²) in [6, 6.07) is 24.0. The third-order valence-electron chi connectivity index (χ3n) is 6.00. The molecule has 2 aromatic heterocycles. The predicted octanol–water partition coefficient (Wildman–Crippen LogP) is 4.30. The van der Waals surface area contributed by atoms with Gasteiger partial charge in [-0.1, -0.05) is 42.5 Å². The van der Waals surface area contributed by atoms with Gasteiger partial charge >= 0.3 is 5.97 Å². The molecule has 5 rings (SSSR count). The van der Waals surface area contributed by atoms with Gasteiger partial charge in [0.1, 0.15) is 12.3 Å². The monoisotopic (exact) mass is 497 g/mol. The minimum atomic E-state index is -0.458. The predicted molar refractivity (Wildman–Crippen MR) is 138 cm³/mol. The normalized spacial score (nSPS) is 11.1. The van der Waals surface area contributed by atoms with E-state index in [2.05, 4.69) is 9.99 Å². The number of hydrogen-bond donors (Lipinski definition) is 2. The summed E-state index contributed by atoms with van der Waals surface area (Å²) in [5, 5.41) is 12.1. The minimum Gasteiger partial charge on any atom is -0.462 e. The number of pyridine rings is 1. The highest BCUT2D eigenvalue weighted by molar-refractivity contribution is 5.93. The molecule has 0 radical (unpaired) electrons. The molecule has 37 heavy (non-hydrogen) atoms. The first-order valence-electron chi connectivity index (χ1n) is 11.6. The highest BCUT2D eigenvalue weighted by Crippen LogP contribution is 2.26. The van der Waals surface area contributed by atoms with E-state index in [1.54, 1.807) is 55.5 Å². The van der Waals surface area contributed by atoms with Gasteiger partial charge in [-0.15, -0.1) is 0 Å². The molecule has 9 heteroatoms. The number of nitrogens with zero attached hydrogens (tertiary/aromatic N) is 2. The molecule has 0 unspecified atom stereocenters. The first-order valence-corrected chi connectivity index (χ1v) is 11.6. The van der Waals surface area contributed by atoms with Crippen LogP contribution in [-0.4, -0.2) is 32.2 Å². The summed E-state index contributed by atoms with van der Waals surface area (Å²) in [7, 11) is 0. The van der Waals surface area contributed by atoms with Gasteiger partial charge in [-0.3, -0.25) is 24.5 Å². The van der Waals surface area contributed by atoms with Crippen molar-refractivity contribution in [3.8, 4) is 22.5 Å². The van der Waals surface area contributed by atoms with Crippen molar-refractivity contribution in [1.82, 2.24) is 14.3 Å². The van der Waals surface area contributed by atoms with E-state index in [0.717, 1.165) is 11.1 Å². The Bertz CT molecular complexity index is 1680. The summed E-state index contributed by atoms with van der Waals surface area (Å²) in [6.07, 6.45) is 0. The third-order valence-corrected chi connectivity index (χ3v) is 6.00. The lowest BCUT2D eigenvalue weighted by molar-refractivity contribution is -0.253. The average molecular weight is 498 g/mol. The molecule has 0 fully saturated rings. The molecule has 3 aromatic carbocycles. The third kappa shape index (κ3) is 4.49. The number of aromatic amines is 1. The number of ether oxygens (including phenoxy) is 1. The summed E-state index contributed by atoms with van der Waals surface area (Å²) in [5.74, 6) is -0.458. The summed E-state index contributed by atoms with van der Waals surface area (Å²) in [6.45, 7) is 2.00. The number of carbonyl (C=O) groups is 1. The second-order valence-electron chi connectivity index (χ2n) is 8.28. The van der Waals surface area contributed by atoms with Crippen LogP contribution in [-0.2, 0) is 16.2 Å². The topological polar surface area (TPSA) is 116 Å². The van der Waals surface area contributed by atoms with Gasteiger partial charge in [0.25, 0.3) is 11.1 Å². The van der Waals surface area contributed by atoms with Gasteiger partial charge in [-0.05, 0) is 54.4 Å². The smallest absolute Gasteiger partial charge is 0.338 e. The number of carbonyl (C=O) groups excluding carboxylic acids is 1. The van der Waals surface area contributed by atoms with Crippen LogP contribution in [0.3, 0.4) is 0 Å². The highest BCUT2D eigenvalue weighted by atomic mass is 17.1. The zero-order chi connectivity index (χ0) is 25.9. The Morgan fingerprint density at radius 3 is 2.24 bits per heavy atom. The number of nitrogens with one attached hydrogen (secondary N) is 1. The van der Waals surface area contributed by atoms with E-state index in [0.29, 0.717) is 33.5 Å². The molecule has 0 aliphatic carbocycles. The van der Waals surface area contributed by atoms with Crippen LogP contribution in [0.15, 0.2) is 94.5 Å². The number of rotatable bonds is 7. The van der Waals surface area contributed by atoms with Crippen molar-refractivity contribution in [3.63, 3.8) is 0 Å². The highest BCUT2D eigenvalue weighted by Gasteiger charge is 2.20. The fourth-order valence-electron chi connectivity index (χ4n) is 4.26. The van der Waals surface area contributed by atoms with Crippen LogP contribution in [0.5, 0.6) is 0 Å². The molecular weight excluding hydrogens is 474 g/mol. The summed E-state index contributed by atoms with van der Waals surface area (Å²) >= 11 is 0. The van der Waals surface area contributed by atoms with Crippen LogP contribution in [0.1, 0.15) is 22.8 Å². The molecule has 2 N–H and O–H groups in total. The van der Waals surface area contributed by atoms with Crippen molar-refractivity contribution in [2.75, 3.05) is 6.61 Å². The Morgan fingerprint density at radius 2 is 1.59 bits per heavy atom. The van der Waals surface area contributed by atoms with E-state index in [9.17, 15) is 14.4 Å². The number of H-pyrrole nitrogens is 1. The number of benzene rings is 3. The molecule has 0 spiro atoms. The van der Waals surface area contributed by atoms with Crippen LogP contribution in [0.25, 0.3) is 33.5 Å². The molecule has 0 aliphatic heterocycles. The first kappa shape index (κ1) is 24.0. The van der Waals surface area contributed by atoms with Crippen molar-refractivity contribution in [1.29, 1.82) is 0 Å². The standard InChI is InChI=1S/C28H23N3O6/c1-2-36-28(34)20-10-14-21(15-11-20)30-24(32)16-23(19-6-4-3-5-7-19)25-26(30)29-31(27(25)33)22-12-8-18(9-13-22)17-37-35/h3-16,29,35H,2,17H2,1H3. The average Bonchev–Trinajstić information content (AvgIpc) is 3.26. The van der Waals surface area contributed by atoms with E-state index in [1.165, 1.54) is 15.3 Å². The van der Waals surface area contributed by atoms with Gasteiger partial charge in [-0.25, -0.2) is 14.4 Å². The Labute approximate surface area is 210 Å². The number of hydrogen-bond acceptors (Lipinski definition) is 6. The maximum Gasteiger partial charge on any atom is 0.338 e. The molecule has 0 amide bonds. The second-order valence-corrected chi connectivity index (χ2v) is 8.28. The van der Waals surface area contributed by atoms with Crippen LogP contribution < -0.4 is 11.1 Å². The second kappa shape index (κ2) is 10.1. The van der Waals surface area contributed by atoms with Crippen LogP contribution in [0.2, 0.25) is 0 Å². The van der Waals surface area contributed by atoms with E-state index in [4.69, 9.17) is 9.99 Å². The van der Waals surface area contributed by atoms with Crippen LogP contribution in [0.4, 0.5) is 0 Å². The molecule has 186 valence electrons. The first-order chi connectivity index (χ1) is 18.0. The summed E-state index contributed by atoms with van der Waals surface area (Å²) in [5.41, 5.74) is 2.95. The van der Waals surface area contributed by atoms with Crippen molar-refractivity contribution >= 4 is 17.0 Å².